The van der Waals surface area contributed by atoms with Crippen molar-refractivity contribution in [3.63, 3.8) is 0 Å². The van der Waals surface area contributed by atoms with Gasteiger partial charge in [-0.05, 0) is 24.9 Å². The smallest absolute Gasteiger partial charge is 0.811 e. The van der Waals surface area contributed by atoms with Crippen molar-refractivity contribution in [3.05, 3.63) is 0 Å². The van der Waals surface area contributed by atoms with Gasteiger partial charge in [-0.1, -0.05) is 7.60 Å². The first kappa shape index (κ1) is 25.5. The van der Waals surface area contributed by atoms with Gasteiger partial charge in [-0.25, -0.2) is 0 Å². The molecule has 0 saturated heterocycles. The minimum Gasteiger partial charge on any atom is -0.811 e. The molecule has 0 spiro atoms. The van der Waals surface area contributed by atoms with E-state index in [0.717, 1.165) is 0 Å². The van der Waals surface area contributed by atoms with E-state index >= 15 is 0 Å². The van der Waals surface area contributed by atoms with Gasteiger partial charge >= 0.3 is 21.1 Å². The summed E-state index contributed by atoms with van der Waals surface area (Å²) in [5.74, 6) is 0. The molecule has 0 heterocycles. The number of nitrogens with two attached hydrogens (primary N) is 2. The second kappa shape index (κ2) is 11.8. The van der Waals surface area contributed by atoms with Gasteiger partial charge in [0.25, 0.3) is 0 Å². The predicted octanol–water partition coefficient (Wildman–Crippen LogP) is -4.63. The van der Waals surface area contributed by atoms with Gasteiger partial charge in [-0.2, -0.15) is 0 Å². The van der Waals surface area contributed by atoms with Gasteiger partial charge in [0, 0.05) is 12.1 Å². The van der Waals surface area contributed by atoms with E-state index in [1.54, 1.807) is 0 Å². The molecule has 0 bridgehead atoms. The van der Waals surface area contributed by atoms with Crippen LogP contribution in [0.25, 0.3) is 0 Å². The molecule has 1 aliphatic rings. The van der Waals surface area contributed by atoms with E-state index in [-0.39, 0.29) is 45.9 Å². The van der Waals surface area contributed by atoms with Crippen LogP contribution >= 0.6 is 7.60 Å². The summed E-state index contributed by atoms with van der Waals surface area (Å²) in [6.07, 6.45) is -3.53. The Balaban J connectivity index is 0. The molecule has 1 aliphatic carbocycles. The van der Waals surface area contributed by atoms with Gasteiger partial charge in [0.05, 0.1) is 6.61 Å². The van der Waals surface area contributed by atoms with Crippen molar-refractivity contribution in [3.8, 4) is 0 Å². The third kappa shape index (κ3) is 9.36. The molecule has 23 heavy (non-hydrogen) atoms. The van der Waals surface area contributed by atoms with Crippen molar-refractivity contribution < 1.29 is 60.6 Å². The Morgan fingerprint density at radius 1 is 1.17 bits per heavy atom. The summed E-state index contributed by atoms with van der Waals surface area (Å²) in [6.45, 7) is -0.688. The Morgan fingerprint density at radius 3 is 2.04 bits per heavy atom. The maximum Gasteiger partial charge on any atom is 2.00 e. The zero-order valence-corrected chi connectivity index (χ0v) is 15.4. The third-order valence-electron chi connectivity index (χ3n) is 3.45. The largest absolute Gasteiger partial charge is 2.00 e. The topological polar surface area (TPSA) is 213 Å². The molecule has 6 atom stereocenters. The van der Waals surface area contributed by atoms with Crippen LogP contribution in [0.1, 0.15) is 19.3 Å². The Bertz CT molecular complexity index is 385. The van der Waals surface area contributed by atoms with Crippen molar-refractivity contribution >= 4 is 13.9 Å². The normalized spacial score (nSPS) is 28.4. The molecule has 1 unspecified atom stereocenters. The zero-order chi connectivity index (χ0) is 17.5. The van der Waals surface area contributed by atoms with Gasteiger partial charge in [0.1, 0.15) is 18.3 Å². The Kier molecular flexibility index (Phi) is 13.0. The van der Waals surface area contributed by atoms with Crippen molar-refractivity contribution in [1.82, 2.24) is 0 Å². The molecule has 1 saturated carbocycles. The van der Waals surface area contributed by atoms with Crippen molar-refractivity contribution in [2.45, 2.75) is 55.3 Å². The molecule has 0 radical (unpaired) electrons. The standard InChI is InChI=1S/C6H15N2O3P.C5H10O5.Pt/c7-5-2-1-4(3-6(5)8)12(9,10)11;6-1-3(8)5(10)4(9)2-7;/h4-6H,1-3,7-8H2,(H2,9,10,11);1,3-5,7-10H,2H2;/q;;+2/p-2/t4?,5-,6-;3-,4+,5-;/m10./s1. The van der Waals surface area contributed by atoms with E-state index < -0.39 is 38.2 Å². The van der Waals surface area contributed by atoms with Gasteiger partial charge < -0.3 is 51.0 Å². The first-order chi connectivity index (χ1) is 10.0. The summed E-state index contributed by atoms with van der Waals surface area (Å²) in [5.41, 5.74) is 10.3. The molecular weight excluding hydrogens is 514 g/mol. The number of aldehydes is 1. The Labute approximate surface area is 148 Å². The molecule has 1 rings (SSSR count). The molecule has 12 heteroatoms. The molecule has 0 amide bonds. The maximum atomic E-state index is 10.6. The van der Waals surface area contributed by atoms with Crippen LogP contribution in [0.3, 0.4) is 0 Å². The number of hydrogen-bond donors (Lipinski definition) is 6. The average Bonchev–Trinajstić information content (AvgIpc) is 2.47. The fourth-order valence-corrected chi connectivity index (χ4v) is 2.88. The van der Waals surface area contributed by atoms with Crippen LogP contribution in [0, 0.1) is 0 Å². The number of aliphatic hydroxyl groups is 4. The summed E-state index contributed by atoms with van der Waals surface area (Å²) in [7, 11) is -4.44. The van der Waals surface area contributed by atoms with Crippen LogP contribution in [0.15, 0.2) is 0 Å². The van der Waals surface area contributed by atoms with Gasteiger partial charge in [-0.3, -0.25) is 0 Å². The summed E-state index contributed by atoms with van der Waals surface area (Å²) in [6, 6.07) is -0.507. The van der Waals surface area contributed by atoms with Crippen LogP contribution in [0.5, 0.6) is 0 Å². The molecule has 0 aliphatic heterocycles. The molecule has 10 nitrogen and oxygen atoms in total. The molecule has 0 aromatic carbocycles. The minimum absolute atomic E-state index is 0. The molecule has 0 aromatic rings. The first-order valence-electron chi connectivity index (χ1n) is 6.67. The molecule has 140 valence electrons. The van der Waals surface area contributed by atoms with Crippen LogP contribution in [0.4, 0.5) is 0 Å². The summed E-state index contributed by atoms with van der Waals surface area (Å²) < 4.78 is 10.6. The quantitative estimate of drug-likeness (QED) is 0.146. The van der Waals surface area contributed by atoms with E-state index in [2.05, 4.69) is 0 Å². The third-order valence-corrected chi connectivity index (χ3v) is 4.81. The fourth-order valence-electron chi connectivity index (χ4n) is 1.91. The summed E-state index contributed by atoms with van der Waals surface area (Å²) in [4.78, 5) is 31.0. The summed E-state index contributed by atoms with van der Waals surface area (Å²) in [5, 5.41) is 34.1. The van der Waals surface area contributed by atoms with Crippen LogP contribution in [-0.4, -0.2) is 69.4 Å². The van der Waals surface area contributed by atoms with Crippen LogP contribution in [-0.2, 0) is 30.4 Å². The van der Waals surface area contributed by atoms with E-state index in [4.69, 9.17) is 31.9 Å². The fraction of sp³-hybridized carbons (Fsp3) is 0.909. The Morgan fingerprint density at radius 2 is 1.70 bits per heavy atom. The van der Waals surface area contributed by atoms with Gasteiger partial charge in [0.15, 0.2) is 6.29 Å². The maximum absolute atomic E-state index is 10.6. The van der Waals surface area contributed by atoms with E-state index in [9.17, 15) is 19.1 Å². The molecular formula is C11H23N2O8PPt. The summed E-state index contributed by atoms with van der Waals surface area (Å²) >= 11 is 0. The predicted molar refractivity (Wildman–Crippen MR) is 72.4 cm³/mol. The number of rotatable bonds is 5. The molecule has 1 fully saturated rings. The van der Waals surface area contributed by atoms with Crippen molar-refractivity contribution in [2.24, 2.45) is 11.5 Å². The SMILES string of the molecule is N[C@@H]1CCC(P(=O)([O-])[O-])C[C@H]1N.O=C[C@H](O)[C@H](O)[C@H](O)CO.[Pt+2]. The average molecular weight is 537 g/mol. The van der Waals surface area contributed by atoms with E-state index in [0.29, 0.717) is 12.8 Å². The van der Waals surface area contributed by atoms with Crippen LogP contribution in [0.2, 0.25) is 0 Å². The monoisotopic (exact) mass is 537 g/mol. The van der Waals surface area contributed by atoms with E-state index in [1.807, 2.05) is 0 Å². The van der Waals surface area contributed by atoms with Gasteiger partial charge in [-0.15, -0.1) is 0 Å². The van der Waals surface area contributed by atoms with Crippen molar-refractivity contribution in [2.75, 3.05) is 6.61 Å². The second-order valence-electron chi connectivity index (χ2n) is 5.20. The zero-order valence-electron chi connectivity index (χ0n) is 12.2. The molecule has 8 N–H and O–H groups in total. The first-order valence-corrected chi connectivity index (χ1v) is 8.29. The van der Waals surface area contributed by atoms with E-state index in [1.165, 1.54) is 0 Å². The van der Waals surface area contributed by atoms with Gasteiger partial charge in [0.2, 0.25) is 0 Å². The van der Waals surface area contributed by atoms with Crippen molar-refractivity contribution in [1.29, 1.82) is 0 Å². The minimum atomic E-state index is -4.44. The Hall–Kier alpha value is 0.268. The number of aliphatic hydroxyl groups excluding tert-OH is 4. The number of carbonyl (C=O) groups is 1. The molecule has 0 aromatic heterocycles. The van der Waals surface area contributed by atoms with Crippen LogP contribution < -0.4 is 21.3 Å². The number of hydrogen-bond acceptors (Lipinski definition) is 10. The number of carbonyl (C=O) groups excluding carboxylic acids is 1. The second-order valence-corrected chi connectivity index (χ2v) is 7.01.